The Labute approximate surface area is 136 Å². The van der Waals surface area contributed by atoms with E-state index in [-0.39, 0.29) is 5.91 Å². The van der Waals surface area contributed by atoms with Crippen molar-refractivity contribution in [3.8, 4) is 0 Å². The fraction of sp³-hybridized carbons (Fsp3) is 0.278. The van der Waals surface area contributed by atoms with E-state index in [1.807, 2.05) is 24.3 Å². The maximum atomic E-state index is 12.1. The molecule has 0 aliphatic rings. The monoisotopic (exact) mass is 316 g/mol. The summed E-state index contributed by atoms with van der Waals surface area (Å²) in [6.07, 6.45) is 3.63. The van der Waals surface area contributed by atoms with Gasteiger partial charge in [0.25, 0.3) is 5.91 Å². The molecule has 0 bridgehead atoms. The Balaban J connectivity index is 1.88. The van der Waals surface area contributed by atoms with Crippen molar-refractivity contribution in [1.29, 1.82) is 0 Å². The first kappa shape index (κ1) is 16.4. The Morgan fingerprint density at radius 1 is 0.955 bits per heavy atom. The highest BCUT2D eigenvalue weighted by Gasteiger charge is 2.05. The lowest BCUT2D eigenvalue weighted by Gasteiger charge is -2.08. The SMILES string of the molecule is CCCCCNc1ccc(NC(=O)c2ccc(Cl)cc2)cc1. The third-order valence-electron chi connectivity index (χ3n) is 3.36. The Bertz CT molecular complexity index is 593. The maximum absolute atomic E-state index is 12.1. The van der Waals surface area contributed by atoms with Crippen molar-refractivity contribution in [3.63, 3.8) is 0 Å². The van der Waals surface area contributed by atoms with Gasteiger partial charge in [0.05, 0.1) is 0 Å². The van der Waals surface area contributed by atoms with Crippen molar-refractivity contribution in [1.82, 2.24) is 0 Å². The van der Waals surface area contributed by atoms with E-state index in [1.54, 1.807) is 24.3 Å². The van der Waals surface area contributed by atoms with Crippen LogP contribution in [0.2, 0.25) is 5.02 Å². The number of amides is 1. The average Bonchev–Trinajstić information content (AvgIpc) is 2.54. The Morgan fingerprint density at radius 3 is 2.23 bits per heavy atom. The number of anilines is 2. The molecule has 116 valence electrons. The number of carbonyl (C=O) groups is 1. The van der Waals surface area contributed by atoms with Gasteiger partial charge in [-0.1, -0.05) is 31.4 Å². The zero-order valence-electron chi connectivity index (χ0n) is 12.7. The van der Waals surface area contributed by atoms with Gasteiger partial charge in [-0.15, -0.1) is 0 Å². The Morgan fingerprint density at radius 2 is 1.59 bits per heavy atom. The molecule has 0 unspecified atom stereocenters. The summed E-state index contributed by atoms with van der Waals surface area (Å²) in [5, 5.41) is 6.86. The first-order valence-corrected chi connectivity index (χ1v) is 7.97. The number of benzene rings is 2. The lowest BCUT2D eigenvalue weighted by atomic mass is 10.2. The Kier molecular flexibility index (Phi) is 6.28. The summed E-state index contributed by atoms with van der Waals surface area (Å²) in [6.45, 7) is 3.17. The summed E-state index contributed by atoms with van der Waals surface area (Å²) < 4.78 is 0. The van der Waals surface area contributed by atoms with Crippen LogP contribution < -0.4 is 10.6 Å². The number of nitrogens with one attached hydrogen (secondary N) is 2. The largest absolute Gasteiger partial charge is 0.385 e. The molecule has 0 saturated heterocycles. The quantitative estimate of drug-likeness (QED) is 0.690. The summed E-state index contributed by atoms with van der Waals surface area (Å²) >= 11 is 5.82. The van der Waals surface area contributed by atoms with Gasteiger partial charge in [-0.05, 0) is 55.0 Å². The minimum atomic E-state index is -0.139. The molecule has 1 amide bonds. The molecule has 3 nitrogen and oxygen atoms in total. The van der Waals surface area contributed by atoms with Gasteiger partial charge < -0.3 is 10.6 Å². The minimum Gasteiger partial charge on any atom is -0.385 e. The second kappa shape index (κ2) is 8.44. The van der Waals surface area contributed by atoms with Crippen molar-refractivity contribution in [2.75, 3.05) is 17.2 Å². The van der Waals surface area contributed by atoms with Crippen molar-refractivity contribution in [2.24, 2.45) is 0 Å². The van der Waals surface area contributed by atoms with Crippen LogP contribution in [0, 0.1) is 0 Å². The molecule has 0 aliphatic carbocycles. The molecule has 22 heavy (non-hydrogen) atoms. The third kappa shape index (κ3) is 5.08. The van der Waals surface area contributed by atoms with Gasteiger partial charge in [0.15, 0.2) is 0 Å². The fourth-order valence-corrected chi connectivity index (χ4v) is 2.21. The molecule has 0 aliphatic heterocycles. The van der Waals surface area contributed by atoms with Crippen LogP contribution >= 0.6 is 11.6 Å². The van der Waals surface area contributed by atoms with E-state index in [0.29, 0.717) is 10.6 Å². The molecule has 2 rings (SSSR count). The van der Waals surface area contributed by atoms with Gasteiger partial charge in [0.2, 0.25) is 0 Å². The zero-order chi connectivity index (χ0) is 15.8. The summed E-state index contributed by atoms with van der Waals surface area (Å²) in [6, 6.07) is 14.6. The lowest BCUT2D eigenvalue weighted by Crippen LogP contribution is -2.11. The van der Waals surface area contributed by atoms with Gasteiger partial charge in [-0.3, -0.25) is 4.79 Å². The van der Waals surface area contributed by atoms with Gasteiger partial charge in [-0.2, -0.15) is 0 Å². The highest BCUT2D eigenvalue weighted by Crippen LogP contribution is 2.16. The first-order chi connectivity index (χ1) is 10.7. The molecule has 0 saturated carbocycles. The van der Waals surface area contributed by atoms with Crippen molar-refractivity contribution in [2.45, 2.75) is 26.2 Å². The summed E-state index contributed by atoms with van der Waals surface area (Å²) in [7, 11) is 0. The number of hydrogen-bond donors (Lipinski definition) is 2. The van der Waals surface area contributed by atoms with Crippen molar-refractivity contribution < 1.29 is 4.79 Å². The van der Waals surface area contributed by atoms with Crippen LogP contribution in [0.15, 0.2) is 48.5 Å². The van der Waals surface area contributed by atoms with Gasteiger partial charge >= 0.3 is 0 Å². The normalized spacial score (nSPS) is 10.3. The number of rotatable bonds is 7. The Hall–Kier alpha value is -2.00. The highest BCUT2D eigenvalue weighted by atomic mass is 35.5. The van der Waals surface area contributed by atoms with Crippen LogP contribution in [0.25, 0.3) is 0 Å². The zero-order valence-corrected chi connectivity index (χ0v) is 13.5. The second-order valence-electron chi connectivity index (χ2n) is 5.17. The van der Waals surface area contributed by atoms with E-state index in [2.05, 4.69) is 17.6 Å². The fourth-order valence-electron chi connectivity index (χ4n) is 2.08. The highest BCUT2D eigenvalue weighted by molar-refractivity contribution is 6.30. The predicted molar refractivity (Wildman–Crippen MR) is 93.9 cm³/mol. The van der Waals surface area contributed by atoms with E-state index in [4.69, 9.17) is 11.6 Å². The molecule has 2 aromatic rings. The number of hydrogen-bond acceptors (Lipinski definition) is 2. The smallest absolute Gasteiger partial charge is 0.255 e. The second-order valence-corrected chi connectivity index (χ2v) is 5.61. The van der Waals surface area contributed by atoms with Crippen LogP contribution in [0.4, 0.5) is 11.4 Å². The van der Waals surface area contributed by atoms with Gasteiger partial charge in [0.1, 0.15) is 0 Å². The van der Waals surface area contributed by atoms with Crippen molar-refractivity contribution >= 4 is 28.9 Å². The topological polar surface area (TPSA) is 41.1 Å². The van der Waals surface area contributed by atoms with Gasteiger partial charge in [-0.25, -0.2) is 0 Å². The molecular weight excluding hydrogens is 296 g/mol. The van der Waals surface area contributed by atoms with E-state index in [1.165, 1.54) is 19.3 Å². The van der Waals surface area contributed by atoms with Crippen molar-refractivity contribution in [3.05, 3.63) is 59.1 Å². The summed E-state index contributed by atoms with van der Waals surface area (Å²) in [4.78, 5) is 12.1. The van der Waals surface area contributed by atoms with Crippen LogP contribution in [0.5, 0.6) is 0 Å². The average molecular weight is 317 g/mol. The summed E-state index contributed by atoms with van der Waals surface area (Å²) in [5.74, 6) is -0.139. The molecule has 0 heterocycles. The maximum Gasteiger partial charge on any atom is 0.255 e. The van der Waals surface area contributed by atoms with E-state index >= 15 is 0 Å². The predicted octanol–water partition coefficient (Wildman–Crippen LogP) is 5.19. The lowest BCUT2D eigenvalue weighted by molar-refractivity contribution is 0.102. The molecule has 0 spiro atoms. The first-order valence-electron chi connectivity index (χ1n) is 7.60. The van der Waals surface area contributed by atoms with E-state index in [9.17, 15) is 4.79 Å². The van der Waals surface area contributed by atoms with Gasteiger partial charge in [0, 0.05) is 28.5 Å². The molecule has 0 atom stereocenters. The third-order valence-corrected chi connectivity index (χ3v) is 3.61. The molecule has 4 heteroatoms. The molecule has 2 N–H and O–H groups in total. The molecule has 0 aromatic heterocycles. The van der Waals surface area contributed by atoms with E-state index < -0.39 is 0 Å². The molecule has 0 radical (unpaired) electrons. The van der Waals surface area contributed by atoms with Crippen LogP contribution in [-0.4, -0.2) is 12.5 Å². The molecule has 0 fully saturated rings. The minimum absolute atomic E-state index is 0.139. The standard InChI is InChI=1S/C18H21ClN2O/c1-2-3-4-13-20-16-9-11-17(12-10-16)21-18(22)14-5-7-15(19)8-6-14/h5-12,20H,2-4,13H2,1H3,(H,21,22). The number of carbonyl (C=O) groups excluding carboxylic acids is 1. The summed E-state index contributed by atoms with van der Waals surface area (Å²) in [5.41, 5.74) is 2.44. The number of halogens is 1. The molecule has 2 aromatic carbocycles. The molecular formula is C18H21ClN2O. The van der Waals surface area contributed by atoms with Crippen LogP contribution in [-0.2, 0) is 0 Å². The van der Waals surface area contributed by atoms with E-state index in [0.717, 1.165) is 17.9 Å². The van der Waals surface area contributed by atoms with Crippen LogP contribution in [0.3, 0.4) is 0 Å². The number of unbranched alkanes of at least 4 members (excludes halogenated alkanes) is 2. The van der Waals surface area contributed by atoms with Crippen LogP contribution in [0.1, 0.15) is 36.5 Å².